The molecule has 0 saturated heterocycles. The van der Waals surface area contributed by atoms with Crippen LogP contribution in [0.3, 0.4) is 0 Å². The van der Waals surface area contributed by atoms with Crippen LogP contribution in [0.25, 0.3) is 10.9 Å². The number of amides is 1. The van der Waals surface area contributed by atoms with Gasteiger partial charge in [0.2, 0.25) is 5.91 Å². The van der Waals surface area contributed by atoms with Crippen LogP contribution in [0.15, 0.2) is 42.5 Å². The van der Waals surface area contributed by atoms with Gasteiger partial charge < -0.3 is 14.6 Å². The Kier molecular flexibility index (Phi) is 4.55. The average Bonchev–Trinajstić information content (AvgIpc) is 3.14. The standard InChI is InChI=1S/C24H27N3O2/c1-3-26-14-17-7-5-4-6-16(17)12-23(26)24(28)27-11-10-22-20(15-27)19-13-18(29-2)8-9-21(19)25-22/h4-9,13,23,25H,3,10-12,14-15H2,1-2H3. The first-order chi connectivity index (χ1) is 14.2. The van der Waals surface area contributed by atoms with E-state index < -0.39 is 0 Å². The maximum Gasteiger partial charge on any atom is 0.240 e. The Hall–Kier alpha value is -2.79. The molecule has 29 heavy (non-hydrogen) atoms. The summed E-state index contributed by atoms with van der Waals surface area (Å²) in [4.78, 5) is 21.5. The second-order valence-corrected chi connectivity index (χ2v) is 8.06. The molecule has 3 heterocycles. The van der Waals surface area contributed by atoms with E-state index in [-0.39, 0.29) is 11.9 Å². The van der Waals surface area contributed by atoms with E-state index in [9.17, 15) is 4.79 Å². The highest BCUT2D eigenvalue weighted by Gasteiger charge is 2.35. The predicted octanol–water partition coefficient (Wildman–Crippen LogP) is 3.51. The summed E-state index contributed by atoms with van der Waals surface area (Å²) < 4.78 is 5.41. The minimum Gasteiger partial charge on any atom is -0.497 e. The quantitative estimate of drug-likeness (QED) is 0.746. The number of nitrogens with zero attached hydrogens (tertiary/aromatic N) is 2. The molecule has 1 atom stereocenters. The molecule has 5 heteroatoms. The molecule has 2 aromatic carbocycles. The first-order valence-electron chi connectivity index (χ1n) is 10.4. The number of rotatable bonds is 3. The SMILES string of the molecule is CCN1Cc2ccccc2CC1C(=O)N1CCc2[nH]c3ccc(OC)cc3c2C1. The predicted molar refractivity (Wildman–Crippen MR) is 114 cm³/mol. The molecule has 2 aliphatic rings. The number of H-pyrrole nitrogens is 1. The number of nitrogens with one attached hydrogen (secondary N) is 1. The largest absolute Gasteiger partial charge is 0.497 e. The molecule has 0 radical (unpaired) electrons. The van der Waals surface area contributed by atoms with E-state index >= 15 is 0 Å². The van der Waals surface area contributed by atoms with Gasteiger partial charge in [-0.15, -0.1) is 0 Å². The molecule has 0 fully saturated rings. The van der Waals surface area contributed by atoms with E-state index in [1.54, 1.807) is 7.11 Å². The van der Waals surface area contributed by atoms with E-state index in [2.05, 4.69) is 58.1 Å². The smallest absolute Gasteiger partial charge is 0.240 e. The lowest BCUT2D eigenvalue weighted by Crippen LogP contribution is -2.52. The average molecular weight is 389 g/mol. The number of hydrogen-bond acceptors (Lipinski definition) is 3. The van der Waals surface area contributed by atoms with Gasteiger partial charge in [0.05, 0.1) is 13.2 Å². The Balaban J connectivity index is 1.43. The zero-order valence-electron chi connectivity index (χ0n) is 17.1. The monoisotopic (exact) mass is 389 g/mol. The number of likely N-dealkylation sites (N-methyl/N-ethyl adjacent to an activating group) is 1. The van der Waals surface area contributed by atoms with Crippen LogP contribution in [-0.4, -0.2) is 46.9 Å². The highest BCUT2D eigenvalue weighted by molar-refractivity contribution is 5.88. The molecule has 0 saturated carbocycles. The van der Waals surface area contributed by atoms with Gasteiger partial charge in [0.25, 0.3) is 0 Å². The summed E-state index contributed by atoms with van der Waals surface area (Å²) in [5.41, 5.74) is 6.26. The summed E-state index contributed by atoms with van der Waals surface area (Å²) in [6, 6.07) is 14.6. The molecule has 5 nitrogen and oxygen atoms in total. The second kappa shape index (κ2) is 7.23. The first-order valence-corrected chi connectivity index (χ1v) is 10.4. The first kappa shape index (κ1) is 18.3. The van der Waals surface area contributed by atoms with Crippen molar-refractivity contribution in [3.05, 3.63) is 64.8 Å². The van der Waals surface area contributed by atoms with Crippen LogP contribution in [0.2, 0.25) is 0 Å². The molecule has 1 aromatic heterocycles. The summed E-state index contributed by atoms with van der Waals surface area (Å²) in [5.74, 6) is 1.10. The molecule has 1 N–H and O–H groups in total. The number of fused-ring (bicyclic) bond motifs is 4. The van der Waals surface area contributed by atoms with E-state index in [4.69, 9.17) is 4.74 Å². The van der Waals surface area contributed by atoms with Crippen molar-refractivity contribution < 1.29 is 9.53 Å². The normalized spacial score (nSPS) is 19.1. The number of benzene rings is 2. The van der Waals surface area contributed by atoms with Crippen molar-refractivity contribution >= 4 is 16.8 Å². The Morgan fingerprint density at radius 3 is 2.79 bits per heavy atom. The number of ether oxygens (including phenoxy) is 1. The van der Waals surface area contributed by atoms with Crippen LogP contribution < -0.4 is 4.74 Å². The molecular weight excluding hydrogens is 362 g/mol. The van der Waals surface area contributed by atoms with Gasteiger partial charge in [0.1, 0.15) is 5.75 Å². The van der Waals surface area contributed by atoms with E-state index in [1.165, 1.54) is 22.4 Å². The Labute approximate surface area is 171 Å². The van der Waals surface area contributed by atoms with Crippen LogP contribution in [-0.2, 0) is 30.7 Å². The molecule has 2 aliphatic heterocycles. The molecular formula is C24H27N3O2. The Morgan fingerprint density at radius 1 is 1.17 bits per heavy atom. The van der Waals surface area contributed by atoms with Gasteiger partial charge in [-0.1, -0.05) is 31.2 Å². The van der Waals surface area contributed by atoms with Crippen molar-refractivity contribution in [3.63, 3.8) is 0 Å². The van der Waals surface area contributed by atoms with E-state index in [0.29, 0.717) is 6.54 Å². The van der Waals surface area contributed by atoms with Gasteiger partial charge in [-0.25, -0.2) is 0 Å². The van der Waals surface area contributed by atoms with Crippen LogP contribution in [0.1, 0.15) is 29.3 Å². The van der Waals surface area contributed by atoms with Gasteiger partial charge in [-0.3, -0.25) is 9.69 Å². The fourth-order valence-electron chi connectivity index (χ4n) is 4.87. The van der Waals surface area contributed by atoms with Crippen molar-refractivity contribution in [1.82, 2.24) is 14.8 Å². The van der Waals surface area contributed by atoms with Crippen LogP contribution in [0.5, 0.6) is 5.75 Å². The van der Waals surface area contributed by atoms with Crippen molar-refractivity contribution in [2.75, 3.05) is 20.2 Å². The fraction of sp³-hybridized carbons (Fsp3) is 0.375. The second-order valence-electron chi connectivity index (χ2n) is 8.06. The Bertz CT molecular complexity index is 1070. The van der Waals surface area contributed by atoms with Gasteiger partial charge in [0.15, 0.2) is 0 Å². The van der Waals surface area contributed by atoms with Crippen molar-refractivity contribution in [3.8, 4) is 5.75 Å². The Morgan fingerprint density at radius 2 is 2.00 bits per heavy atom. The zero-order chi connectivity index (χ0) is 20.0. The lowest BCUT2D eigenvalue weighted by Gasteiger charge is -2.39. The summed E-state index contributed by atoms with van der Waals surface area (Å²) >= 11 is 0. The maximum absolute atomic E-state index is 13.6. The molecule has 5 rings (SSSR count). The maximum atomic E-state index is 13.6. The summed E-state index contributed by atoms with van der Waals surface area (Å²) in [7, 11) is 1.69. The highest BCUT2D eigenvalue weighted by atomic mass is 16.5. The third kappa shape index (κ3) is 3.10. The van der Waals surface area contributed by atoms with Gasteiger partial charge in [-0.05, 0) is 42.3 Å². The summed E-state index contributed by atoms with van der Waals surface area (Å²) in [5, 5.41) is 1.16. The number of hydrogen-bond donors (Lipinski definition) is 1. The number of methoxy groups -OCH3 is 1. The molecule has 150 valence electrons. The lowest BCUT2D eigenvalue weighted by atomic mass is 9.92. The summed E-state index contributed by atoms with van der Waals surface area (Å²) in [6.07, 6.45) is 1.67. The van der Waals surface area contributed by atoms with Gasteiger partial charge in [0, 0.05) is 48.2 Å². The molecule has 1 amide bonds. The number of aromatic amines is 1. The van der Waals surface area contributed by atoms with E-state index in [1.807, 2.05) is 6.07 Å². The molecule has 0 spiro atoms. The zero-order valence-corrected chi connectivity index (χ0v) is 17.1. The third-order valence-electron chi connectivity index (χ3n) is 6.53. The van der Waals surface area contributed by atoms with Crippen LogP contribution in [0, 0.1) is 0 Å². The molecule has 1 unspecified atom stereocenters. The topological polar surface area (TPSA) is 48.6 Å². The van der Waals surface area contributed by atoms with E-state index in [0.717, 1.165) is 49.1 Å². The molecule has 0 aliphatic carbocycles. The molecule has 0 bridgehead atoms. The van der Waals surface area contributed by atoms with Crippen molar-refractivity contribution in [2.24, 2.45) is 0 Å². The van der Waals surface area contributed by atoms with Crippen molar-refractivity contribution in [2.45, 2.75) is 38.9 Å². The van der Waals surface area contributed by atoms with Gasteiger partial charge >= 0.3 is 0 Å². The lowest BCUT2D eigenvalue weighted by molar-refractivity contribution is -0.138. The van der Waals surface area contributed by atoms with Crippen LogP contribution >= 0.6 is 0 Å². The summed E-state index contributed by atoms with van der Waals surface area (Å²) in [6.45, 7) is 5.32. The number of carbonyl (C=O) groups excluding carboxylic acids is 1. The number of carbonyl (C=O) groups is 1. The fourth-order valence-corrected chi connectivity index (χ4v) is 4.87. The van der Waals surface area contributed by atoms with Gasteiger partial charge in [-0.2, -0.15) is 0 Å². The minimum absolute atomic E-state index is 0.0730. The van der Waals surface area contributed by atoms with Crippen molar-refractivity contribution in [1.29, 1.82) is 0 Å². The highest BCUT2D eigenvalue weighted by Crippen LogP contribution is 2.32. The minimum atomic E-state index is -0.0730. The van der Waals surface area contributed by atoms with Crippen LogP contribution in [0.4, 0.5) is 0 Å². The number of aromatic nitrogens is 1. The third-order valence-corrected chi connectivity index (χ3v) is 6.53. The molecule has 3 aromatic rings.